The molecule has 0 aromatic carbocycles. The quantitative estimate of drug-likeness (QED) is 0.549. The Bertz CT molecular complexity index is 305. The molecule has 0 saturated carbocycles. The summed E-state index contributed by atoms with van der Waals surface area (Å²) in [4.78, 5) is 24.8. The minimum Gasteiger partial charge on any atom is -0.392 e. The lowest BCUT2D eigenvalue weighted by atomic mass is 10.0. The van der Waals surface area contributed by atoms with Crippen LogP contribution in [0.1, 0.15) is 27.2 Å². The number of likely N-dealkylation sites (N-methyl/N-ethyl adjacent to an activating group) is 1. The van der Waals surface area contributed by atoms with Crippen LogP contribution in [0, 0.1) is 5.92 Å². The highest BCUT2D eigenvalue weighted by Gasteiger charge is 2.22. The number of hydrogen-bond acceptors (Lipinski definition) is 3. The Morgan fingerprint density at radius 3 is 2.29 bits per heavy atom. The summed E-state index contributed by atoms with van der Waals surface area (Å²) in [5.41, 5.74) is 5.23. The summed E-state index contributed by atoms with van der Waals surface area (Å²) in [6.07, 6.45) is 0.852. The van der Waals surface area contributed by atoms with Crippen LogP contribution in [0.15, 0.2) is 0 Å². The van der Waals surface area contributed by atoms with Crippen LogP contribution in [0.5, 0.6) is 0 Å². The predicted molar refractivity (Wildman–Crippen MR) is 71.5 cm³/mol. The molecule has 0 heterocycles. The number of hydrogen-bond donors (Lipinski definition) is 2. The molecule has 6 heteroatoms. The van der Waals surface area contributed by atoms with Crippen LogP contribution in [0.4, 0.5) is 0 Å². The molecule has 0 radical (unpaired) electrons. The Kier molecular flexibility index (Phi) is 6.72. The van der Waals surface area contributed by atoms with E-state index in [1.807, 2.05) is 6.92 Å². The molecule has 0 saturated heterocycles. The van der Waals surface area contributed by atoms with E-state index in [0.717, 1.165) is 6.42 Å². The summed E-state index contributed by atoms with van der Waals surface area (Å²) >= 11 is 4.61. The van der Waals surface area contributed by atoms with Crippen LogP contribution in [0.25, 0.3) is 0 Å². The highest BCUT2D eigenvalue weighted by molar-refractivity contribution is 7.80. The van der Waals surface area contributed by atoms with Crippen LogP contribution in [0.3, 0.4) is 0 Å². The second-order valence-corrected chi connectivity index (χ2v) is 5.07. The summed E-state index contributed by atoms with van der Waals surface area (Å²) in [6, 6.07) is 0.0260. The average molecular weight is 259 g/mol. The van der Waals surface area contributed by atoms with Crippen molar-refractivity contribution in [1.82, 2.24) is 10.2 Å². The van der Waals surface area contributed by atoms with Crippen LogP contribution >= 0.6 is 12.2 Å². The van der Waals surface area contributed by atoms with Crippen molar-refractivity contribution in [2.24, 2.45) is 11.7 Å². The fourth-order valence-corrected chi connectivity index (χ4v) is 1.52. The van der Waals surface area contributed by atoms with Crippen molar-refractivity contribution in [2.75, 3.05) is 13.6 Å². The molecule has 0 aromatic heterocycles. The first-order valence-corrected chi connectivity index (χ1v) is 5.99. The van der Waals surface area contributed by atoms with Gasteiger partial charge in [-0.15, -0.1) is 0 Å². The molecule has 98 valence electrons. The van der Waals surface area contributed by atoms with E-state index in [1.54, 1.807) is 7.05 Å². The van der Waals surface area contributed by atoms with Gasteiger partial charge in [0.1, 0.15) is 0 Å². The molecule has 0 rings (SSSR count). The smallest absolute Gasteiger partial charge is 0.311 e. The minimum absolute atomic E-state index is 0.0260. The molecule has 0 aliphatic heterocycles. The van der Waals surface area contributed by atoms with Gasteiger partial charge in [0.2, 0.25) is 0 Å². The monoisotopic (exact) mass is 259 g/mol. The zero-order valence-corrected chi connectivity index (χ0v) is 11.6. The van der Waals surface area contributed by atoms with Crippen LogP contribution in [0.2, 0.25) is 0 Å². The van der Waals surface area contributed by atoms with Crippen LogP contribution < -0.4 is 11.1 Å². The largest absolute Gasteiger partial charge is 0.392 e. The molecule has 3 N–H and O–H groups in total. The molecule has 0 aliphatic carbocycles. The SMILES string of the molecule is CC(C)CC(C)N(C)C(=O)C(=O)NCC(N)=S. The first-order valence-electron chi connectivity index (χ1n) is 5.59. The molecular weight excluding hydrogens is 238 g/mol. The maximum absolute atomic E-state index is 11.7. The van der Waals surface area contributed by atoms with E-state index in [1.165, 1.54) is 4.90 Å². The normalized spacial score (nSPS) is 12.1. The van der Waals surface area contributed by atoms with Gasteiger partial charge in [0.05, 0.1) is 11.5 Å². The standard InChI is InChI=1S/C11H21N3O2S/c1-7(2)5-8(3)14(4)11(16)10(15)13-6-9(12)17/h7-8H,5-6H2,1-4H3,(H2,12,17)(H,13,15). The highest BCUT2D eigenvalue weighted by Crippen LogP contribution is 2.09. The molecule has 0 fully saturated rings. The third kappa shape index (κ3) is 6.21. The lowest BCUT2D eigenvalue weighted by molar-refractivity contribution is -0.146. The summed E-state index contributed by atoms with van der Waals surface area (Å²) in [5.74, 6) is -0.759. The first-order chi connectivity index (χ1) is 7.75. The Balaban J connectivity index is 4.28. The summed E-state index contributed by atoms with van der Waals surface area (Å²) in [7, 11) is 1.62. The van der Waals surface area contributed by atoms with E-state index in [9.17, 15) is 9.59 Å². The van der Waals surface area contributed by atoms with Crippen molar-refractivity contribution in [2.45, 2.75) is 33.2 Å². The van der Waals surface area contributed by atoms with Gasteiger partial charge in [0.15, 0.2) is 0 Å². The van der Waals surface area contributed by atoms with Gasteiger partial charge in [0.25, 0.3) is 0 Å². The fourth-order valence-electron chi connectivity index (χ4n) is 1.44. The van der Waals surface area contributed by atoms with Gasteiger partial charge < -0.3 is 16.0 Å². The van der Waals surface area contributed by atoms with E-state index in [0.29, 0.717) is 5.92 Å². The lowest BCUT2D eigenvalue weighted by Gasteiger charge is -2.25. The minimum atomic E-state index is -0.670. The van der Waals surface area contributed by atoms with Gasteiger partial charge in [-0.2, -0.15) is 0 Å². The molecule has 0 aromatic rings. The topological polar surface area (TPSA) is 75.4 Å². The van der Waals surface area contributed by atoms with Crippen molar-refractivity contribution >= 4 is 29.0 Å². The maximum atomic E-state index is 11.7. The molecule has 0 spiro atoms. The van der Waals surface area contributed by atoms with E-state index in [2.05, 4.69) is 31.4 Å². The molecule has 1 atom stereocenters. The number of amides is 2. The average Bonchev–Trinajstić information content (AvgIpc) is 2.22. The van der Waals surface area contributed by atoms with Crippen molar-refractivity contribution in [3.05, 3.63) is 0 Å². The van der Waals surface area contributed by atoms with Gasteiger partial charge in [-0.3, -0.25) is 9.59 Å². The Morgan fingerprint density at radius 2 is 1.88 bits per heavy atom. The number of carbonyl (C=O) groups excluding carboxylic acids is 2. The number of nitrogens with two attached hydrogens (primary N) is 1. The third-order valence-corrected chi connectivity index (χ3v) is 2.56. The van der Waals surface area contributed by atoms with E-state index < -0.39 is 11.8 Å². The number of thiocarbonyl (C=S) groups is 1. The maximum Gasteiger partial charge on any atom is 0.311 e. The molecule has 1 unspecified atom stereocenters. The van der Waals surface area contributed by atoms with Crippen LogP contribution in [-0.2, 0) is 9.59 Å². The Labute approximate surface area is 108 Å². The lowest BCUT2D eigenvalue weighted by Crippen LogP contribution is -2.46. The molecule has 5 nitrogen and oxygen atoms in total. The van der Waals surface area contributed by atoms with Gasteiger partial charge in [-0.05, 0) is 19.3 Å². The van der Waals surface area contributed by atoms with Crippen LogP contribution in [-0.4, -0.2) is 41.3 Å². The van der Waals surface area contributed by atoms with Gasteiger partial charge in [0, 0.05) is 13.1 Å². The number of rotatable bonds is 5. The van der Waals surface area contributed by atoms with Gasteiger partial charge in [-0.25, -0.2) is 0 Å². The number of nitrogens with zero attached hydrogens (tertiary/aromatic N) is 1. The molecule has 0 aliphatic rings. The van der Waals surface area contributed by atoms with Crippen molar-refractivity contribution < 1.29 is 9.59 Å². The Hall–Kier alpha value is -1.17. The molecular formula is C11H21N3O2S. The molecule has 17 heavy (non-hydrogen) atoms. The van der Waals surface area contributed by atoms with Crippen molar-refractivity contribution in [3.8, 4) is 0 Å². The third-order valence-electron chi connectivity index (χ3n) is 2.41. The van der Waals surface area contributed by atoms with Crippen molar-refractivity contribution in [1.29, 1.82) is 0 Å². The van der Waals surface area contributed by atoms with E-state index in [4.69, 9.17) is 5.73 Å². The van der Waals surface area contributed by atoms with Crippen molar-refractivity contribution in [3.63, 3.8) is 0 Å². The molecule has 0 bridgehead atoms. The van der Waals surface area contributed by atoms with E-state index in [-0.39, 0.29) is 17.6 Å². The summed E-state index contributed by atoms with van der Waals surface area (Å²) in [6.45, 7) is 6.11. The zero-order valence-electron chi connectivity index (χ0n) is 10.8. The number of carbonyl (C=O) groups is 2. The second kappa shape index (κ2) is 7.21. The summed E-state index contributed by atoms with van der Waals surface area (Å²) in [5, 5.41) is 2.37. The molecule has 2 amide bonds. The summed E-state index contributed by atoms with van der Waals surface area (Å²) < 4.78 is 0. The predicted octanol–water partition coefficient (Wildman–Crippen LogP) is 0.282. The van der Waals surface area contributed by atoms with E-state index >= 15 is 0 Å². The highest BCUT2D eigenvalue weighted by atomic mass is 32.1. The Morgan fingerprint density at radius 1 is 1.35 bits per heavy atom. The van der Waals surface area contributed by atoms with Gasteiger partial charge in [-0.1, -0.05) is 26.1 Å². The second-order valence-electron chi connectivity index (χ2n) is 4.54. The zero-order chi connectivity index (χ0) is 13.6. The first kappa shape index (κ1) is 15.8. The number of nitrogens with one attached hydrogen (secondary N) is 1. The fraction of sp³-hybridized carbons (Fsp3) is 0.727. The van der Waals surface area contributed by atoms with Gasteiger partial charge >= 0.3 is 11.8 Å².